The summed E-state index contributed by atoms with van der Waals surface area (Å²) in [5, 5.41) is 0. The van der Waals surface area contributed by atoms with E-state index in [0.29, 0.717) is 12.4 Å². The number of unbranched alkanes of at least 4 members (excludes halogenated alkanes) is 5. The predicted molar refractivity (Wildman–Crippen MR) is 124 cm³/mol. The maximum Gasteiger partial charge on any atom is 0.336 e. The van der Waals surface area contributed by atoms with Crippen LogP contribution in [0.2, 0.25) is 0 Å². The van der Waals surface area contributed by atoms with Crippen LogP contribution in [0.25, 0.3) is 0 Å². The lowest BCUT2D eigenvalue weighted by atomic mass is 9.78. The highest BCUT2D eigenvalue weighted by Crippen LogP contribution is 2.32. The molecule has 2 aromatic rings. The van der Waals surface area contributed by atoms with Crippen LogP contribution in [0.15, 0.2) is 66.7 Å². The molecular formula is C27H34O4. The number of hydrogen-bond acceptors (Lipinski definition) is 4. The van der Waals surface area contributed by atoms with E-state index >= 15 is 0 Å². The summed E-state index contributed by atoms with van der Waals surface area (Å²) in [6, 6.07) is 17.7. The Balaban J connectivity index is 1.77. The number of rotatable bonds is 12. The van der Waals surface area contributed by atoms with E-state index in [-0.39, 0.29) is 5.41 Å². The zero-order chi connectivity index (χ0) is 22.5. The fourth-order valence-corrected chi connectivity index (χ4v) is 3.35. The van der Waals surface area contributed by atoms with Crippen molar-refractivity contribution in [2.24, 2.45) is 0 Å². The maximum atomic E-state index is 12.0. The third kappa shape index (κ3) is 8.41. The summed E-state index contributed by atoms with van der Waals surface area (Å²) >= 11 is 0. The molecule has 0 aliphatic heterocycles. The van der Waals surface area contributed by atoms with Crippen LogP contribution in [0.5, 0.6) is 5.75 Å². The number of benzene rings is 2. The van der Waals surface area contributed by atoms with Crippen molar-refractivity contribution < 1.29 is 19.1 Å². The van der Waals surface area contributed by atoms with Crippen molar-refractivity contribution in [3.63, 3.8) is 0 Å². The highest BCUT2D eigenvalue weighted by atomic mass is 16.5. The molecule has 0 N–H and O–H groups in total. The third-order valence-corrected chi connectivity index (χ3v) is 5.39. The number of ether oxygens (including phenoxy) is 2. The molecule has 0 amide bonds. The molecule has 4 nitrogen and oxygen atoms in total. The van der Waals surface area contributed by atoms with Crippen molar-refractivity contribution >= 4 is 11.9 Å². The Morgan fingerprint density at radius 1 is 0.774 bits per heavy atom. The molecule has 0 atom stereocenters. The van der Waals surface area contributed by atoms with Gasteiger partial charge in [0.1, 0.15) is 5.75 Å². The quantitative estimate of drug-likeness (QED) is 0.172. The molecule has 31 heavy (non-hydrogen) atoms. The molecule has 2 aromatic carbocycles. The molecule has 0 radical (unpaired) electrons. The van der Waals surface area contributed by atoms with Crippen molar-refractivity contribution in [3.05, 3.63) is 77.9 Å². The van der Waals surface area contributed by atoms with Crippen molar-refractivity contribution in [1.29, 1.82) is 0 Å². The Labute approximate surface area is 186 Å². The van der Waals surface area contributed by atoms with E-state index < -0.39 is 11.9 Å². The van der Waals surface area contributed by atoms with E-state index in [1.165, 1.54) is 24.8 Å². The summed E-state index contributed by atoms with van der Waals surface area (Å²) in [6.45, 7) is 6.87. The van der Waals surface area contributed by atoms with Crippen molar-refractivity contribution in [3.8, 4) is 5.75 Å². The fourth-order valence-electron chi connectivity index (χ4n) is 3.35. The molecule has 0 saturated heterocycles. The highest BCUT2D eigenvalue weighted by Gasteiger charge is 2.22. The predicted octanol–water partition coefficient (Wildman–Crippen LogP) is 6.38. The number of hydrogen-bond donors (Lipinski definition) is 0. The molecule has 0 aromatic heterocycles. The van der Waals surface area contributed by atoms with Crippen molar-refractivity contribution in [2.45, 2.75) is 64.7 Å². The smallest absolute Gasteiger partial charge is 0.336 e. The van der Waals surface area contributed by atoms with Crippen LogP contribution >= 0.6 is 0 Å². The Kier molecular flexibility index (Phi) is 10.0. The second-order valence-electron chi connectivity index (χ2n) is 8.21. The fraction of sp³-hybridized carbons (Fsp3) is 0.407. The van der Waals surface area contributed by atoms with Crippen LogP contribution in [-0.2, 0) is 19.7 Å². The van der Waals surface area contributed by atoms with E-state index in [9.17, 15) is 9.59 Å². The number of carbonyl (C=O) groups excluding carboxylic acids is 2. The maximum absolute atomic E-state index is 12.0. The molecule has 0 bridgehead atoms. The monoisotopic (exact) mass is 422 g/mol. The lowest BCUT2D eigenvalue weighted by Gasteiger charge is -2.26. The van der Waals surface area contributed by atoms with Gasteiger partial charge < -0.3 is 9.47 Å². The summed E-state index contributed by atoms with van der Waals surface area (Å²) in [5.74, 6) is -0.695. The molecule has 0 heterocycles. The summed E-state index contributed by atoms with van der Waals surface area (Å²) in [4.78, 5) is 23.7. The first-order valence-electron chi connectivity index (χ1n) is 11.2. The van der Waals surface area contributed by atoms with E-state index in [1.54, 1.807) is 12.1 Å². The van der Waals surface area contributed by atoms with Crippen molar-refractivity contribution in [2.75, 3.05) is 6.61 Å². The zero-order valence-electron chi connectivity index (χ0n) is 18.9. The van der Waals surface area contributed by atoms with Crippen LogP contribution in [0.4, 0.5) is 0 Å². The average molecular weight is 423 g/mol. The van der Waals surface area contributed by atoms with Gasteiger partial charge in [-0.25, -0.2) is 9.59 Å². The van der Waals surface area contributed by atoms with Gasteiger partial charge >= 0.3 is 11.9 Å². The zero-order valence-corrected chi connectivity index (χ0v) is 18.9. The standard InChI is InChI=1S/C27H34O4/c1-4-5-6-7-8-12-21-30-25(28)19-20-26(29)31-24-17-15-23(16-18-24)27(2,3)22-13-10-9-11-14-22/h9-11,13-20H,4-8,12,21H2,1-3H3/b20-19+. The van der Waals surface area contributed by atoms with Crippen LogP contribution in [0.3, 0.4) is 0 Å². The van der Waals surface area contributed by atoms with Gasteiger partial charge in [-0.3, -0.25) is 0 Å². The molecule has 0 fully saturated rings. The van der Waals surface area contributed by atoms with Gasteiger partial charge in [0, 0.05) is 17.6 Å². The average Bonchev–Trinajstić information content (AvgIpc) is 2.78. The molecule has 166 valence electrons. The van der Waals surface area contributed by atoms with Gasteiger partial charge in [-0.15, -0.1) is 0 Å². The summed E-state index contributed by atoms with van der Waals surface area (Å²) in [7, 11) is 0. The first-order chi connectivity index (χ1) is 14.9. The lowest BCUT2D eigenvalue weighted by molar-refractivity contribution is -0.138. The van der Waals surface area contributed by atoms with Gasteiger partial charge in [-0.05, 0) is 29.7 Å². The largest absolute Gasteiger partial charge is 0.463 e. The molecule has 0 saturated carbocycles. The Bertz CT molecular complexity index is 835. The molecule has 4 heteroatoms. The van der Waals surface area contributed by atoms with Gasteiger partial charge in [-0.2, -0.15) is 0 Å². The van der Waals surface area contributed by atoms with E-state index in [0.717, 1.165) is 37.0 Å². The van der Waals surface area contributed by atoms with E-state index in [2.05, 4.69) is 32.9 Å². The van der Waals surface area contributed by atoms with Gasteiger partial charge in [0.25, 0.3) is 0 Å². The minimum atomic E-state index is -0.605. The molecule has 2 rings (SSSR count). The van der Waals surface area contributed by atoms with Crippen LogP contribution in [0, 0.1) is 0 Å². The van der Waals surface area contributed by atoms with Gasteiger partial charge in [0.15, 0.2) is 0 Å². The third-order valence-electron chi connectivity index (χ3n) is 5.39. The van der Waals surface area contributed by atoms with Crippen LogP contribution < -0.4 is 4.74 Å². The van der Waals surface area contributed by atoms with Crippen LogP contribution in [0.1, 0.15) is 70.4 Å². The first-order valence-corrected chi connectivity index (χ1v) is 11.2. The summed E-state index contributed by atoms with van der Waals surface area (Å²) in [6.07, 6.45) is 8.97. The Hall–Kier alpha value is -2.88. The van der Waals surface area contributed by atoms with Gasteiger partial charge in [0.2, 0.25) is 0 Å². The van der Waals surface area contributed by atoms with E-state index in [1.807, 2.05) is 30.3 Å². The van der Waals surface area contributed by atoms with E-state index in [4.69, 9.17) is 9.47 Å². The minimum absolute atomic E-state index is 0.163. The normalized spacial score (nSPS) is 11.5. The SMILES string of the molecule is CCCCCCCCOC(=O)/C=C/C(=O)Oc1ccc(C(C)(C)c2ccccc2)cc1. The highest BCUT2D eigenvalue weighted by molar-refractivity contribution is 5.92. The molecule has 0 aliphatic carbocycles. The van der Waals surface area contributed by atoms with Crippen LogP contribution in [-0.4, -0.2) is 18.5 Å². The number of esters is 2. The first kappa shape index (κ1) is 24.4. The summed E-state index contributed by atoms with van der Waals surface area (Å²) < 4.78 is 10.4. The topological polar surface area (TPSA) is 52.6 Å². The van der Waals surface area contributed by atoms with Crippen molar-refractivity contribution in [1.82, 2.24) is 0 Å². The Morgan fingerprint density at radius 3 is 2.03 bits per heavy atom. The minimum Gasteiger partial charge on any atom is -0.463 e. The molecule has 0 spiro atoms. The molecule has 0 aliphatic rings. The molecular weight excluding hydrogens is 388 g/mol. The second kappa shape index (κ2) is 12.7. The summed E-state index contributed by atoms with van der Waals surface area (Å²) in [5.41, 5.74) is 2.16. The van der Waals surface area contributed by atoms with Gasteiger partial charge in [-0.1, -0.05) is 95.3 Å². The van der Waals surface area contributed by atoms with Gasteiger partial charge in [0.05, 0.1) is 6.61 Å². The second-order valence-corrected chi connectivity index (χ2v) is 8.21. The molecule has 0 unspecified atom stereocenters. The Morgan fingerprint density at radius 2 is 1.35 bits per heavy atom. The number of carbonyl (C=O) groups is 2. The lowest BCUT2D eigenvalue weighted by Crippen LogP contribution is -2.18.